The van der Waals surface area contributed by atoms with E-state index in [1.165, 1.54) is 0 Å². The molecule has 1 rings (SSSR count). The zero-order valence-corrected chi connectivity index (χ0v) is 4.96. The number of hydrogen-bond acceptors (Lipinski definition) is 1. The van der Waals surface area contributed by atoms with Crippen LogP contribution in [0.5, 0.6) is 0 Å². The Hall–Kier alpha value is -0.790. The maximum absolute atomic E-state index is 4.03. The van der Waals surface area contributed by atoms with E-state index in [4.69, 9.17) is 0 Å². The summed E-state index contributed by atoms with van der Waals surface area (Å²) in [5.74, 6) is 0. The average molecular weight is 109 g/mol. The van der Waals surface area contributed by atoms with Crippen LogP contribution in [0.1, 0.15) is 5.69 Å². The molecule has 0 aliphatic heterocycles. The lowest BCUT2D eigenvalue weighted by Gasteiger charge is -1.81. The Labute approximate surface area is 49.2 Å². The minimum Gasteiger partial charge on any atom is -0.340 e. The van der Waals surface area contributed by atoms with Gasteiger partial charge in [-0.25, -0.2) is 4.98 Å². The van der Waals surface area contributed by atoms with Crippen molar-refractivity contribution >= 4 is 0 Å². The molecule has 0 saturated heterocycles. The Morgan fingerprint density at radius 1 is 1.88 bits per heavy atom. The molecule has 8 heavy (non-hydrogen) atoms. The topological polar surface area (TPSA) is 17.8 Å². The van der Waals surface area contributed by atoms with Crippen LogP contribution in [0.4, 0.5) is 0 Å². The average Bonchev–Trinajstić information content (AvgIpc) is 2.14. The summed E-state index contributed by atoms with van der Waals surface area (Å²) < 4.78 is 1.92. The van der Waals surface area contributed by atoms with Crippen LogP contribution in [-0.4, -0.2) is 9.55 Å². The lowest BCUT2D eigenvalue weighted by Crippen LogP contribution is -1.78. The van der Waals surface area contributed by atoms with Crippen molar-refractivity contribution in [3.63, 3.8) is 0 Å². The first-order chi connectivity index (χ1) is 3.83. The Bertz CT molecular complexity index is 167. The van der Waals surface area contributed by atoms with Gasteiger partial charge >= 0.3 is 0 Å². The zero-order valence-electron chi connectivity index (χ0n) is 4.96. The highest BCUT2D eigenvalue weighted by atomic mass is 15.0. The van der Waals surface area contributed by atoms with Crippen LogP contribution in [0.25, 0.3) is 0 Å². The Kier molecular flexibility index (Phi) is 1.33. The molecule has 1 radical (unpaired) electrons. The van der Waals surface area contributed by atoms with Crippen LogP contribution in [0.3, 0.4) is 0 Å². The van der Waals surface area contributed by atoms with Gasteiger partial charge in [0.1, 0.15) is 0 Å². The molecule has 0 N–H and O–H groups in total. The molecule has 0 amide bonds. The molecule has 0 aliphatic rings. The van der Waals surface area contributed by atoms with Crippen molar-refractivity contribution in [1.29, 1.82) is 0 Å². The summed E-state index contributed by atoms with van der Waals surface area (Å²) >= 11 is 0. The molecule has 0 bridgehead atoms. The summed E-state index contributed by atoms with van der Waals surface area (Å²) in [5, 5.41) is 0. The maximum atomic E-state index is 4.03. The van der Waals surface area contributed by atoms with Gasteiger partial charge in [-0.2, -0.15) is 0 Å². The number of hydrogen-bond donors (Lipinski definition) is 0. The Morgan fingerprint density at radius 3 is 2.88 bits per heavy atom. The van der Waals surface area contributed by atoms with Gasteiger partial charge < -0.3 is 4.57 Å². The van der Waals surface area contributed by atoms with Crippen LogP contribution in [0.2, 0.25) is 0 Å². The third kappa shape index (κ3) is 0.886. The highest BCUT2D eigenvalue weighted by Crippen LogP contribution is 1.92. The van der Waals surface area contributed by atoms with Gasteiger partial charge in [-0.15, -0.1) is 0 Å². The third-order valence-electron chi connectivity index (χ3n) is 1.01. The second kappa shape index (κ2) is 1.99. The minimum absolute atomic E-state index is 0.779. The Morgan fingerprint density at radius 2 is 2.62 bits per heavy atom. The van der Waals surface area contributed by atoms with Gasteiger partial charge in [0.05, 0.1) is 12.0 Å². The van der Waals surface area contributed by atoms with Gasteiger partial charge in [0.15, 0.2) is 0 Å². The smallest absolute Gasteiger partial charge is 0.0946 e. The molecule has 2 nitrogen and oxygen atoms in total. The van der Waals surface area contributed by atoms with Crippen LogP contribution >= 0.6 is 0 Å². The van der Waals surface area contributed by atoms with Crippen LogP contribution in [-0.2, 0) is 13.5 Å². The fourth-order valence-corrected chi connectivity index (χ4v) is 0.596. The monoisotopic (exact) mass is 109 g/mol. The summed E-state index contributed by atoms with van der Waals surface area (Å²) in [5.41, 5.74) is 1.05. The van der Waals surface area contributed by atoms with Crippen molar-refractivity contribution in [2.45, 2.75) is 6.42 Å². The maximum Gasteiger partial charge on any atom is 0.0946 e. The van der Waals surface area contributed by atoms with Crippen molar-refractivity contribution in [2.24, 2.45) is 7.05 Å². The van der Waals surface area contributed by atoms with Crippen LogP contribution < -0.4 is 0 Å². The number of aromatic nitrogens is 2. The van der Waals surface area contributed by atoms with Gasteiger partial charge in [0, 0.05) is 13.2 Å². The molecule has 0 unspecified atom stereocenters. The normalized spacial score (nSPS) is 9.75. The first-order valence-corrected chi connectivity index (χ1v) is 2.59. The molecule has 0 saturated carbocycles. The summed E-state index contributed by atoms with van der Waals surface area (Å²) in [6.07, 6.45) is 4.52. The number of imidazole rings is 1. The van der Waals surface area contributed by atoms with Crippen molar-refractivity contribution in [3.05, 3.63) is 25.1 Å². The number of nitrogens with zero attached hydrogens (tertiary/aromatic N) is 2. The van der Waals surface area contributed by atoms with Crippen molar-refractivity contribution in [2.75, 3.05) is 0 Å². The predicted octanol–water partition coefficient (Wildman–Crippen LogP) is 0.797. The quantitative estimate of drug-likeness (QED) is 0.521. The molecule has 1 heterocycles. The summed E-state index contributed by atoms with van der Waals surface area (Å²) in [7, 11) is 1.95. The van der Waals surface area contributed by atoms with Gasteiger partial charge in [0.25, 0.3) is 0 Å². The molecule has 0 spiro atoms. The number of aryl methyl sites for hydroxylation is 1. The molecule has 1 aromatic rings. The fourth-order valence-electron chi connectivity index (χ4n) is 0.596. The van der Waals surface area contributed by atoms with Gasteiger partial charge in [-0.05, 0) is 13.3 Å². The van der Waals surface area contributed by atoms with E-state index in [1.807, 2.05) is 17.8 Å². The molecular weight excluding hydrogens is 100 g/mol. The van der Waals surface area contributed by atoms with E-state index >= 15 is 0 Å². The first kappa shape index (κ1) is 5.35. The molecule has 0 aromatic carbocycles. The van der Waals surface area contributed by atoms with Gasteiger partial charge in [-0.3, -0.25) is 0 Å². The highest BCUT2D eigenvalue weighted by molar-refractivity contribution is 4.96. The number of rotatable bonds is 1. The van der Waals surface area contributed by atoms with Crippen molar-refractivity contribution < 1.29 is 0 Å². The van der Waals surface area contributed by atoms with Gasteiger partial charge in [-0.1, -0.05) is 0 Å². The van der Waals surface area contributed by atoms with Crippen molar-refractivity contribution in [3.8, 4) is 0 Å². The third-order valence-corrected chi connectivity index (χ3v) is 1.01. The van der Waals surface area contributed by atoms with E-state index in [2.05, 4.69) is 11.9 Å². The molecular formula is C6H9N2. The van der Waals surface area contributed by atoms with Gasteiger partial charge in [0.2, 0.25) is 0 Å². The molecule has 0 fully saturated rings. The minimum atomic E-state index is 0.779. The standard InChI is InChI=1S/C6H9N2/c1-3-6-4-8(2)5-7-6/h4-5H,1,3H2,2H3. The highest BCUT2D eigenvalue weighted by Gasteiger charge is 1.88. The molecule has 43 valence electrons. The molecule has 2 heteroatoms. The summed E-state index contributed by atoms with van der Waals surface area (Å²) in [6.45, 7) is 3.69. The fraction of sp³-hybridized carbons (Fsp3) is 0.333. The predicted molar refractivity (Wildman–Crippen MR) is 32.3 cm³/mol. The van der Waals surface area contributed by atoms with E-state index in [0.717, 1.165) is 12.1 Å². The van der Waals surface area contributed by atoms with E-state index in [1.54, 1.807) is 6.33 Å². The van der Waals surface area contributed by atoms with E-state index in [-0.39, 0.29) is 0 Å². The van der Waals surface area contributed by atoms with E-state index in [0.29, 0.717) is 0 Å². The second-order valence-electron chi connectivity index (χ2n) is 1.78. The second-order valence-corrected chi connectivity index (χ2v) is 1.78. The summed E-state index contributed by atoms with van der Waals surface area (Å²) in [6, 6.07) is 0. The summed E-state index contributed by atoms with van der Waals surface area (Å²) in [4.78, 5) is 4.03. The molecule has 0 atom stereocenters. The zero-order chi connectivity index (χ0) is 5.98. The molecule has 0 aliphatic carbocycles. The van der Waals surface area contributed by atoms with Crippen LogP contribution in [0, 0.1) is 6.92 Å². The van der Waals surface area contributed by atoms with E-state index < -0.39 is 0 Å². The lowest BCUT2D eigenvalue weighted by atomic mass is 10.4. The Balaban J connectivity index is 2.84. The molecule has 1 aromatic heterocycles. The van der Waals surface area contributed by atoms with Crippen molar-refractivity contribution in [1.82, 2.24) is 9.55 Å². The first-order valence-electron chi connectivity index (χ1n) is 2.59. The van der Waals surface area contributed by atoms with Crippen LogP contribution in [0.15, 0.2) is 12.5 Å². The lowest BCUT2D eigenvalue weighted by molar-refractivity contribution is 0.912. The van der Waals surface area contributed by atoms with E-state index in [9.17, 15) is 0 Å². The SMILES string of the molecule is [CH2]Cc1cn(C)cn1. The largest absolute Gasteiger partial charge is 0.340 e.